The minimum Gasteiger partial charge on any atom is -0.530 e. The van der Waals surface area contributed by atoms with Crippen molar-refractivity contribution in [3.63, 3.8) is 0 Å². The lowest BCUT2D eigenvalue weighted by Crippen LogP contribution is -2.40. The fourth-order valence-electron chi connectivity index (χ4n) is 1.99. The first-order valence-electron chi connectivity index (χ1n) is 6.88. The summed E-state index contributed by atoms with van der Waals surface area (Å²) in [5.74, 6) is 1.24. The minimum absolute atomic E-state index is 0.318. The van der Waals surface area contributed by atoms with Gasteiger partial charge in [0.15, 0.2) is 0 Å². The van der Waals surface area contributed by atoms with Gasteiger partial charge in [-0.25, -0.2) is 0 Å². The zero-order chi connectivity index (χ0) is 15.0. The van der Waals surface area contributed by atoms with Crippen LogP contribution < -0.4 is 15.2 Å². The van der Waals surface area contributed by atoms with E-state index in [1.54, 1.807) is 24.3 Å². The molecule has 0 saturated heterocycles. The number of aliphatic hydroxyl groups is 1. The van der Waals surface area contributed by atoms with E-state index in [0.717, 1.165) is 18.6 Å². The Morgan fingerprint density at radius 1 is 1.40 bits per heavy atom. The van der Waals surface area contributed by atoms with Gasteiger partial charge in [-0.1, -0.05) is 32.4 Å². The lowest BCUT2D eigenvalue weighted by Gasteiger charge is -2.18. The van der Waals surface area contributed by atoms with Gasteiger partial charge in [0.2, 0.25) is 0 Å². The lowest BCUT2D eigenvalue weighted by atomic mass is 10.1. The van der Waals surface area contributed by atoms with Gasteiger partial charge in [0.1, 0.15) is 11.8 Å². The Balaban J connectivity index is 2.56. The molecule has 0 aromatic heterocycles. The molecule has 2 N–H and O–H groups in total. The third kappa shape index (κ3) is 5.48. The maximum atomic E-state index is 10.5. The number of hydrogen-bond acceptors (Lipinski definition) is 4. The van der Waals surface area contributed by atoms with Crippen molar-refractivity contribution in [1.82, 2.24) is 5.32 Å². The maximum absolute atomic E-state index is 10.5. The van der Waals surface area contributed by atoms with Crippen molar-refractivity contribution < 1.29 is 19.7 Å². The minimum atomic E-state index is -1.40. The van der Waals surface area contributed by atoms with Crippen molar-refractivity contribution >= 4 is 6.09 Å². The molecule has 112 valence electrons. The van der Waals surface area contributed by atoms with Crippen LogP contribution in [0.2, 0.25) is 0 Å². The summed E-state index contributed by atoms with van der Waals surface area (Å²) in [6.07, 6.45) is 0.856. The predicted molar refractivity (Wildman–Crippen MR) is 74.4 cm³/mol. The van der Waals surface area contributed by atoms with Crippen molar-refractivity contribution in [2.45, 2.75) is 32.7 Å². The Kier molecular flexibility index (Phi) is 6.87. The molecule has 2 atom stereocenters. The highest BCUT2D eigenvalue weighted by Crippen LogP contribution is 2.18. The molecule has 0 bridgehead atoms. The third-order valence-electron chi connectivity index (χ3n) is 3.07. The number of carbonyl (C=O) groups excluding carboxylic acids is 1. The van der Waals surface area contributed by atoms with Crippen molar-refractivity contribution in [3.05, 3.63) is 29.8 Å². The number of benzene rings is 1. The third-order valence-corrected chi connectivity index (χ3v) is 3.07. The zero-order valence-corrected chi connectivity index (χ0v) is 12.0. The second-order valence-electron chi connectivity index (χ2n) is 4.94. The van der Waals surface area contributed by atoms with E-state index in [-0.39, 0.29) is 6.61 Å². The highest BCUT2D eigenvalue weighted by molar-refractivity contribution is 5.62. The van der Waals surface area contributed by atoms with Gasteiger partial charge in [-0.3, -0.25) is 0 Å². The summed E-state index contributed by atoms with van der Waals surface area (Å²) in [6.45, 7) is 4.63. The molecule has 0 spiro atoms. The number of rotatable bonds is 8. The van der Waals surface area contributed by atoms with Crippen LogP contribution in [0.3, 0.4) is 0 Å². The second kappa shape index (κ2) is 8.43. The molecule has 0 heterocycles. The number of hydrogen-bond donors (Lipinski definition) is 2. The van der Waals surface area contributed by atoms with Crippen LogP contribution >= 0.6 is 0 Å². The Morgan fingerprint density at radius 3 is 2.55 bits per heavy atom. The van der Waals surface area contributed by atoms with E-state index < -0.39 is 12.1 Å². The number of carbonyl (C=O) groups is 1. The van der Waals surface area contributed by atoms with E-state index >= 15 is 0 Å². The summed E-state index contributed by atoms with van der Waals surface area (Å²) >= 11 is 0. The first-order valence-corrected chi connectivity index (χ1v) is 6.88. The summed E-state index contributed by atoms with van der Waals surface area (Å²) in [5.41, 5.74) is 0.672. The molecule has 1 unspecified atom stereocenters. The van der Waals surface area contributed by atoms with E-state index in [9.17, 15) is 9.90 Å². The zero-order valence-electron chi connectivity index (χ0n) is 12.0. The SMILES string of the molecule is CCCC(C)COc1ccc([C@H](CO)NC(=O)[O-])cc1. The molecule has 0 aliphatic carbocycles. The van der Waals surface area contributed by atoms with Crippen LogP contribution in [-0.4, -0.2) is 24.4 Å². The molecule has 1 aromatic carbocycles. The van der Waals surface area contributed by atoms with E-state index in [2.05, 4.69) is 19.2 Å². The van der Waals surface area contributed by atoms with Crippen LogP contribution in [-0.2, 0) is 0 Å². The van der Waals surface area contributed by atoms with Crippen LogP contribution in [0.4, 0.5) is 4.79 Å². The molecular formula is C15H22NO4-. The molecule has 0 aliphatic rings. The quantitative estimate of drug-likeness (QED) is 0.755. The smallest absolute Gasteiger partial charge is 0.134 e. The first-order chi connectivity index (χ1) is 9.56. The summed E-state index contributed by atoms with van der Waals surface area (Å²) < 4.78 is 5.66. The molecule has 0 saturated carbocycles. The molecule has 1 aromatic rings. The van der Waals surface area contributed by atoms with Crippen LogP contribution in [0.25, 0.3) is 0 Å². The normalized spacial score (nSPS) is 13.6. The van der Waals surface area contributed by atoms with Gasteiger partial charge in [0.05, 0.1) is 19.3 Å². The average Bonchev–Trinajstić information content (AvgIpc) is 2.43. The molecular weight excluding hydrogens is 258 g/mol. The van der Waals surface area contributed by atoms with Gasteiger partial charge in [-0.2, -0.15) is 0 Å². The lowest BCUT2D eigenvalue weighted by molar-refractivity contribution is -0.252. The topological polar surface area (TPSA) is 81.6 Å². The van der Waals surface area contributed by atoms with E-state index in [1.807, 2.05) is 0 Å². The van der Waals surface area contributed by atoms with Crippen LogP contribution in [0.1, 0.15) is 38.3 Å². The van der Waals surface area contributed by atoms with Crippen molar-refractivity contribution in [3.8, 4) is 5.75 Å². The fraction of sp³-hybridized carbons (Fsp3) is 0.533. The maximum Gasteiger partial charge on any atom is 0.134 e. The summed E-state index contributed by atoms with van der Waals surface area (Å²) in [7, 11) is 0. The molecule has 1 amide bonds. The largest absolute Gasteiger partial charge is 0.530 e. The van der Waals surface area contributed by atoms with Gasteiger partial charge >= 0.3 is 0 Å². The molecule has 1 rings (SSSR count). The van der Waals surface area contributed by atoms with Crippen LogP contribution in [0, 0.1) is 5.92 Å². The van der Waals surface area contributed by atoms with Crippen molar-refractivity contribution in [2.75, 3.05) is 13.2 Å². The van der Waals surface area contributed by atoms with Gasteiger partial charge in [-0.05, 0) is 30.0 Å². The molecule has 5 heteroatoms. The average molecular weight is 280 g/mol. The Bertz CT molecular complexity index is 405. The van der Waals surface area contributed by atoms with Gasteiger partial charge < -0.3 is 25.1 Å². The molecule has 0 fully saturated rings. The Labute approximate surface area is 119 Å². The molecule has 0 radical (unpaired) electrons. The van der Waals surface area contributed by atoms with E-state index in [4.69, 9.17) is 9.84 Å². The van der Waals surface area contributed by atoms with Gasteiger partial charge in [-0.15, -0.1) is 0 Å². The van der Waals surface area contributed by atoms with Gasteiger partial charge in [0.25, 0.3) is 0 Å². The number of amides is 1. The second-order valence-corrected chi connectivity index (χ2v) is 4.94. The highest BCUT2D eigenvalue weighted by atomic mass is 16.5. The molecule has 0 aliphatic heterocycles. The Hall–Kier alpha value is -1.75. The standard InChI is InChI=1S/C15H23NO4/c1-3-4-11(2)10-20-13-7-5-12(6-8-13)14(9-17)16-15(18)19/h5-8,11,14,16-17H,3-4,9-10H2,1-2H3,(H,18,19)/p-1/t11?,14-/m0/s1. The van der Waals surface area contributed by atoms with Crippen LogP contribution in [0.15, 0.2) is 24.3 Å². The molecule has 20 heavy (non-hydrogen) atoms. The number of ether oxygens (including phenoxy) is 1. The number of nitrogens with one attached hydrogen (secondary N) is 1. The predicted octanol–water partition coefficient (Wildman–Crippen LogP) is 1.47. The van der Waals surface area contributed by atoms with Crippen molar-refractivity contribution in [2.24, 2.45) is 5.92 Å². The van der Waals surface area contributed by atoms with E-state index in [1.165, 1.54) is 0 Å². The summed E-state index contributed by atoms with van der Waals surface area (Å²) in [5, 5.41) is 21.8. The first kappa shape index (κ1) is 16.3. The Morgan fingerprint density at radius 2 is 2.05 bits per heavy atom. The van der Waals surface area contributed by atoms with E-state index in [0.29, 0.717) is 18.1 Å². The van der Waals surface area contributed by atoms with Crippen molar-refractivity contribution in [1.29, 1.82) is 0 Å². The monoisotopic (exact) mass is 280 g/mol. The van der Waals surface area contributed by atoms with Crippen LogP contribution in [0.5, 0.6) is 5.75 Å². The fourth-order valence-corrected chi connectivity index (χ4v) is 1.99. The number of aliphatic hydroxyl groups excluding tert-OH is 1. The van der Waals surface area contributed by atoms with Gasteiger partial charge in [0, 0.05) is 0 Å². The summed E-state index contributed by atoms with van der Waals surface area (Å²) in [4.78, 5) is 10.5. The molecule has 5 nitrogen and oxygen atoms in total. The summed E-state index contributed by atoms with van der Waals surface area (Å²) in [6, 6.07) is 6.34. The number of carboxylic acid groups (broad SMARTS) is 1. The highest BCUT2D eigenvalue weighted by Gasteiger charge is 2.10.